The number of hydrogen-bond donors (Lipinski definition) is 1. The van der Waals surface area contributed by atoms with Crippen LogP contribution in [-0.2, 0) is 37.3 Å². The van der Waals surface area contributed by atoms with Crippen molar-refractivity contribution in [3.05, 3.63) is 174 Å². The van der Waals surface area contributed by atoms with Crippen molar-refractivity contribution in [3.8, 4) is 39.5 Å². The Kier molecular flexibility index (Phi) is 9.94. The van der Waals surface area contributed by atoms with E-state index in [1.54, 1.807) is 12.1 Å². The minimum Gasteiger partial charge on any atom is -0.507 e. The van der Waals surface area contributed by atoms with Gasteiger partial charge in [0.1, 0.15) is 11.3 Å². The Morgan fingerprint density at radius 1 is 0.545 bits per heavy atom. The van der Waals surface area contributed by atoms with Gasteiger partial charge in [-0.1, -0.05) is 151 Å². The summed E-state index contributed by atoms with van der Waals surface area (Å²) in [5, 5.41) is 11.8. The Morgan fingerprint density at radius 2 is 1.11 bits per heavy atom. The molecule has 0 spiro atoms. The van der Waals surface area contributed by atoms with Gasteiger partial charge in [0, 0.05) is 43.6 Å². The number of nitrogens with zero attached hydrogens (tertiary/aromatic N) is 2. The molecule has 0 saturated carbocycles. The van der Waals surface area contributed by atoms with E-state index in [1.165, 1.54) is 22.3 Å². The fourth-order valence-corrected chi connectivity index (χ4v) is 7.67. The molecule has 0 aliphatic rings. The summed E-state index contributed by atoms with van der Waals surface area (Å²) in [6.45, 7) is 16.0. The number of aromatic nitrogens is 2. The molecule has 0 aliphatic heterocycles. The van der Waals surface area contributed by atoms with Crippen molar-refractivity contribution in [2.24, 2.45) is 0 Å². The number of rotatable bonds is 7. The number of fused-ring (bicyclic) bond motifs is 2. The molecule has 55 heavy (non-hydrogen) atoms. The van der Waals surface area contributed by atoms with Crippen molar-refractivity contribution < 1.29 is 30.6 Å². The third-order valence-corrected chi connectivity index (χ3v) is 11.1. The van der Waals surface area contributed by atoms with E-state index in [4.69, 9.17) is 14.4 Å². The number of aromatic hydroxyl groups is 1. The number of hydrogen-bond acceptors (Lipinski definition) is 4. The zero-order chi connectivity index (χ0) is 37.8. The standard InChI is InChI=1S/C50H45N2O2.Pt/c1-48(2,3)42-25-26-51-45-40(30-37(31-41(42)45)50(6,7)35-19-12-9-13-20-35)33-27-32(28-36(29-33)49(4,5)34-17-10-8-11-18-34)38-22-16-24-44-46(38)52-47(54-44)39-21-14-15-23-43(39)53;/h8-26,28-31,53H,1-7H3;/q-1;. The number of pyridine rings is 1. The SMILES string of the molecule is CC(C)(C)c1ccnc2c(-c3[c-]c(-c4cccc5oc(-c6ccccc6O)nc45)cc(C(C)(C)c4ccccc4)c3)cc(C(C)(C)c3ccccc3)cc12.[Pt]. The summed E-state index contributed by atoms with van der Waals surface area (Å²) < 4.78 is 6.28. The molecule has 8 aromatic rings. The summed E-state index contributed by atoms with van der Waals surface area (Å²) in [6.07, 6.45) is 1.95. The van der Waals surface area contributed by atoms with E-state index in [0.29, 0.717) is 22.6 Å². The van der Waals surface area contributed by atoms with Gasteiger partial charge in [-0.2, -0.15) is 0 Å². The van der Waals surface area contributed by atoms with Gasteiger partial charge < -0.3 is 9.52 Å². The van der Waals surface area contributed by atoms with Gasteiger partial charge in [-0.15, -0.1) is 34.9 Å². The molecule has 0 atom stereocenters. The van der Waals surface area contributed by atoms with Crippen LogP contribution in [0.15, 0.2) is 144 Å². The molecule has 4 nitrogen and oxygen atoms in total. The second-order valence-corrected chi connectivity index (χ2v) is 16.4. The van der Waals surface area contributed by atoms with Gasteiger partial charge in [0.2, 0.25) is 5.89 Å². The average molecular weight is 901 g/mol. The quantitative estimate of drug-likeness (QED) is 0.162. The van der Waals surface area contributed by atoms with Crippen molar-refractivity contribution >= 4 is 22.0 Å². The van der Waals surface area contributed by atoms with Crippen LogP contribution in [0.1, 0.15) is 76.3 Å². The number of phenols is 1. The van der Waals surface area contributed by atoms with Gasteiger partial charge >= 0.3 is 0 Å². The van der Waals surface area contributed by atoms with Crippen molar-refractivity contribution in [2.45, 2.75) is 64.7 Å². The van der Waals surface area contributed by atoms with E-state index >= 15 is 0 Å². The van der Waals surface area contributed by atoms with Crippen LogP contribution in [0.2, 0.25) is 0 Å². The molecule has 5 heteroatoms. The number of benzene rings is 6. The first kappa shape index (κ1) is 38.0. The van der Waals surface area contributed by atoms with Crippen LogP contribution in [0.25, 0.3) is 55.7 Å². The van der Waals surface area contributed by atoms with Gasteiger partial charge in [0.25, 0.3) is 0 Å². The Hall–Kier alpha value is -5.31. The van der Waals surface area contributed by atoms with Gasteiger partial charge in [0.15, 0.2) is 0 Å². The minimum atomic E-state index is -0.348. The maximum Gasteiger partial charge on any atom is 0.230 e. The molecule has 1 N–H and O–H groups in total. The van der Waals surface area contributed by atoms with Gasteiger partial charge in [-0.3, -0.25) is 4.98 Å². The zero-order valence-corrected chi connectivity index (χ0v) is 34.6. The van der Waals surface area contributed by atoms with Crippen molar-refractivity contribution in [1.82, 2.24) is 9.97 Å². The molecule has 0 bridgehead atoms. The third-order valence-electron chi connectivity index (χ3n) is 11.1. The first-order valence-corrected chi connectivity index (χ1v) is 18.6. The first-order valence-electron chi connectivity index (χ1n) is 18.6. The summed E-state index contributed by atoms with van der Waals surface area (Å²) in [6, 6.07) is 49.8. The molecule has 0 fully saturated rings. The van der Waals surface area contributed by atoms with Crippen LogP contribution in [-0.4, -0.2) is 15.1 Å². The first-order chi connectivity index (χ1) is 25.8. The summed E-state index contributed by atoms with van der Waals surface area (Å²) in [5.41, 5.74) is 12.0. The molecular formula is C50H45N2O2Pt-. The predicted octanol–water partition coefficient (Wildman–Crippen LogP) is 12.8. The Balaban J connectivity index is 0.00000465. The topological polar surface area (TPSA) is 59.2 Å². The maximum atomic E-state index is 10.7. The summed E-state index contributed by atoms with van der Waals surface area (Å²) in [4.78, 5) is 10.1. The van der Waals surface area contributed by atoms with E-state index in [9.17, 15) is 5.11 Å². The number of oxazole rings is 1. The van der Waals surface area contributed by atoms with Crippen LogP contribution in [0.4, 0.5) is 0 Å². The van der Waals surface area contributed by atoms with Gasteiger partial charge in [0.05, 0.1) is 11.1 Å². The van der Waals surface area contributed by atoms with Gasteiger partial charge in [-0.25, -0.2) is 4.98 Å². The fraction of sp³-hybridized carbons (Fsp3) is 0.200. The second kappa shape index (κ2) is 14.4. The molecule has 0 radical (unpaired) electrons. The summed E-state index contributed by atoms with van der Waals surface area (Å²) in [5.74, 6) is 0.496. The Labute approximate surface area is 338 Å². The Morgan fingerprint density at radius 3 is 1.73 bits per heavy atom. The number of para-hydroxylation sites is 2. The smallest absolute Gasteiger partial charge is 0.230 e. The average Bonchev–Trinajstić information content (AvgIpc) is 3.62. The second-order valence-electron chi connectivity index (χ2n) is 16.4. The van der Waals surface area contributed by atoms with Crippen LogP contribution >= 0.6 is 0 Å². The third kappa shape index (κ3) is 6.94. The van der Waals surface area contributed by atoms with Crippen molar-refractivity contribution in [1.29, 1.82) is 0 Å². The molecule has 2 heterocycles. The minimum absolute atomic E-state index is 0. The van der Waals surface area contributed by atoms with E-state index < -0.39 is 0 Å². The van der Waals surface area contributed by atoms with Crippen LogP contribution in [0.5, 0.6) is 5.75 Å². The predicted molar refractivity (Wildman–Crippen MR) is 222 cm³/mol. The normalized spacial score (nSPS) is 12.2. The maximum absolute atomic E-state index is 10.7. The molecule has 2 aromatic heterocycles. The molecule has 6 aromatic carbocycles. The largest absolute Gasteiger partial charge is 0.507 e. The molecule has 0 aliphatic carbocycles. The summed E-state index contributed by atoms with van der Waals surface area (Å²) in [7, 11) is 0. The molecule has 278 valence electrons. The van der Waals surface area contributed by atoms with Crippen LogP contribution in [0, 0.1) is 6.07 Å². The van der Waals surface area contributed by atoms with Crippen molar-refractivity contribution in [3.63, 3.8) is 0 Å². The monoisotopic (exact) mass is 900 g/mol. The van der Waals surface area contributed by atoms with E-state index in [2.05, 4.69) is 152 Å². The zero-order valence-electron chi connectivity index (χ0n) is 32.3. The van der Waals surface area contributed by atoms with Crippen molar-refractivity contribution in [2.75, 3.05) is 0 Å². The van der Waals surface area contributed by atoms with Crippen LogP contribution in [0.3, 0.4) is 0 Å². The Bertz CT molecular complexity index is 2650. The molecule has 0 saturated heterocycles. The fourth-order valence-electron chi connectivity index (χ4n) is 7.67. The number of phenolic OH excluding ortho intramolecular Hbond substituents is 1. The van der Waals surface area contributed by atoms with E-state index in [1.807, 2.05) is 30.5 Å². The van der Waals surface area contributed by atoms with E-state index in [0.717, 1.165) is 38.7 Å². The van der Waals surface area contributed by atoms with E-state index in [-0.39, 0.29) is 43.1 Å². The van der Waals surface area contributed by atoms with Gasteiger partial charge in [-0.05, 0) is 63.4 Å². The van der Waals surface area contributed by atoms with Crippen LogP contribution < -0.4 is 0 Å². The molecule has 0 unspecified atom stereocenters. The molecule has 8 rings (SSSR count). The summed E-state index contributed by atoms with van der Waals surface area (Å²) >= 11 is 0. The molecule has 0 amide bonds. The molecular weight excluding hydrogens is 856 g/mol.